The summed E-state index contributed by atoms with van der Waals surface area (Å²) in [4.78, 5) is 17.3. The van der Waals surface area contributed by atoms with E-state index < -0.39 is 0 Å². The van der Waals surface area contributed by atoms with Gasteiger partial charge in [0.2, 0.25) is 5.91 Å². The van der Waals surface area contributed by atoms with E-state index in [0.29, 0.717) is 5.69 Å². The number of fused-ring (bicyclic) bond motifs is 1. The van der Waals surface area contributed by atoms with Crippen molar-refractivity contribution in [3.63, 3.8) is 0 Å². The molecule has 0 saturated heterocycles. The predicted molar refractivity (Wildman–Crippen MR) is 92.9 cm³/mol. The van der Waals surface area contributed by atoms with Crippen LogP contribution in [-0.4, -0.2) is 20.7 Å². The SMILES string of the molecule is Cc1nn(C)c2ncc(NC(=O)C=Cc3ccc(Br)s3)cc12. The zero-order chi connectivity index (χ0) is 15.7. The molecule has 0 radical (unpaired) electrons. The number of thiophene rings is 1. The van der Waals surface area contributed by atoms with E-state index in [0.717, 1.165) is 25.4 Å². The van der Waals surface area contributed by atoms with Gasteiger partial charge in [-0.05, 0) is 47.1 Å². The molecule has 0 aliphatic carbocycles. The average Bonchev–Trinajstić information content (AvgIpc) is 3.01. The molecule has 7 heteroatoms. The highest BCUT2D eigenvalue weighted by atomic mass is 79.9. The van der Waals surface area contributed by atoms with Crippen LogP contribution in [0.5, 0.6) is 0 Å². The van der Waals surface area contributed by atoms with E-state index >= 15 is 0 Å². The third kappa shape index (κ3) is 3.10. The number of carbonyl (C=O) groups is 1. The first-order valence-corrected chi connectivity index (χ1v) is 8.17. The first-order chi connectivity index (χ1) is 10.5. The molecule has 1 amide bonds. The van der Waals surface area contributed by atoms with Crippen molar-refractivity contribution in [2.24, 2.45) is 7.05 Å². The number of hydrogen-bond acceptors (Lipinski definition) is 4. The number of pyridine rings is 1. The highest BCUT2D eigenvalue weighted by molar-refractivity contribution is 9.11. The standard InChI is InChI=1S/C15H13BrN4OS/c1-9-12-7-10(8-17-15(12)20(2)19-9)18-14(21)6-4-11-3-5-13(16)22-11/h3-8H,1-2H3,(H,18,21). The molecule has 0 bridgehead atoms. The van der Waals surface area contributed by atoms with E-state index in [9.17, 15) is 4.79 Å². The fraction of sp³-hybridized carbons (Fsp3) is 0.133. The summed E-state index contributed by atoms with van der Waals surface area (Å²) in [7, 11) is 1.85. The maximum absolute atomic E-state index is 12.0. The highest BCUT2D eigenvalue weighted by Crippen LogP contribution is 2.23. The van der Waals surface area contributed by atoms with Crippen LogP contribution in [0.3, 0.4) is 0 Å². The van der Waals surface area contributed by atoms with Gasteiger partial charge in [-0.3, -0.25) is 9.48 Å². The Morgan fingerprint density at radius 1 is 1.45 bits per heavy atom. The van der Waals surface area contributed by atoms with Crippen molar-refractivity contribution in [3.8, 4) is 0 Å². The van der Waals surface area contributed by atoms with E-state index in [4.69, 9.17) is 0 Å². The first-order valence-electron chi connectivity index (χ1n) is 6.56. The molecule has 112 valence electrons. The van der Waals surface area contributed by atoms with Gasteiger partial charge in [-0.1, -0.05) is 0 Å². The van der Waals surface area contributed by atoms with Crippen LogP contribution in [0.2, 0.25) is 0 Å². The zero-order valence-corrected chi connectivity index (χ0v) is 14.4. The number of nitrogens with one attached hydrogen (secondary N) is 1. The van der Waals surface area contributed by atoms with Crippen LogP contribution in [0.15, 0.2) is 34.3 Å². The summed E-state index contributed by atoms with van der Waals surface area (Å²) in [5.41, 5.74) is 2.35. The van der Waals surface area contributed by atoms with Crippen LogP contribution in [0.1, 0.15) is 10.6 Å². The van der Waals surface area contributed by atoms with E-state index in [1.54, 1.807) is 28.3 Å². The van der Waals surface area contributed by atoms with Crippen molar-refractivity contribution in [1.82, 2.24) is 14.8 Å². The molecule has 0 spiro atoms. The summed E-state index contributed by atoms with van der Waals surface area (Å²) in [5, 5.41) is 8.06. The van der Waals surface area contributed by atoms with E-state index in [1.807, 2.05) is 32.2 Å². The van der Waals surface area contributed by atoms with Crippen LogP contribution in [0.4, 0.5) is 5.69 Å². The normalized spacial score (nSPS) is 11.4. The van der Waals surface area contributed by atoms with Gasteiger partial charge in [-0.25, -0.2) is 4.98 Å². The van der Waals surface area contributed by atoms with E-state index in [2.05, 4.69) is 31.3 Å². The molecular weight excluding hydrogens is 364 g/mol. The number of carbonyl (C=O) groups excluding carboxylic acids is 1. The minimum absolute atomic E-state index is 0.188. The summed E-state index contributed by atoms with van der Waals surface area (Å²) in [6.07, 6.45) is 4.93. The van der Waals surface area contributed by atoms with Crippen molar-refractivity contribution >= 4 is 56.0 Å². The molecular formula is C15H13BrN4OS. The molecule has 1 N–H and O–H groups in total. The second-order valence-electron chi connectivity index (χ2n) is 4.77. The topological polar surface area (TPSA) is 59.8 Å². The average molecular weight is 377 g/mol. The lowest BCUT2D eigenvalue weighted by Crippen LogP contribution is -2.08. The highest BCUT2D eigenvalue weighted by Gasteiger charge is 2.08. The third-order valence-corrected chi connectivity index (χ3v) is 4.71. The molecule has 0 aliphatic rings. The number of halogens is 1. The molecule has 22 heavy (non-hydrogen) atoms. The van der Waals surface area contributed by atoms with Gasteiger partial charge in [0.25, 0.3) is 0 Å². The van der Waals surface area contributed by atoms with Crippen molar-refractivity contribution in [3.05, 3.63) is 44.8 Å². The molecule has 5 nitrogen and oxygen atoms in total. The van der Waals surface area contributed by atoms with Gasteiger partial charge in [0.15, 0.2) is 5.65 Å². The van der Waals surface area contributed by atoms with Crippen molar-refractivity contribution in [1.29, 1.82) is 0 Å². The molecule has 0 fully saturated rings. The lowest BCUT2D eigenvalue weighted by atomic mass is 10.2. The number of aryl methyl sites for hydroxylation is 2. The summed E-state index contributed by atoms with van der Waals surface area (Å²) in [6, 6.07) is 5.79. The van der Waals surface area contributed by atoms with Gasteiger partial charge in [-0.2, -0.15) is 5.10 Å². The van der Waals surface area contributed by atoms with Gasteiger partial charge in [0.1, 0.15) is 0 Å². The van der Waals surface area contributed by atoms with Gasteiger partial charge >= 0.3 is 0 Å². The smallest absolute Gasteiger partial charge is 0.248 e. The minimum atomic E-state index is -0.188. The van der Waals surface area contributed by atoms with Gasteiger partial charge in [0, 0.05) is 23.4 Å². The van der Waals surface area contributed by atoms with Crippen LogP contribution >= 0.6 is 27.3 Å². The Balaban J connectivity index is 1.76. The summed E-state index contributed by atoms with van der Waals surface area (Å²) in [5.74, 6) is -0.188. The zero-order valence-electron chi connectivity index (χ0n) is 12.0. The van der Waals surface area contributed by atoms with Crippen LogP contribution in [0.25, 0.3) is 17.1 Å². The summed E-state index contributed by atoms with van der Waals surface area (Å²) >= 11 is 4.96. The lowest BCUT2D eigenvalue weighted by Gasteiger charge is -2.02. The number of nitrogens with zero attached hydrogens (tertiary/aromatic N) is 3. The molecule has 0 aliphatic heterocycles. The Bertz CT molecular complexity index is 881. The molecule has 3 aromatic rings. The summed E-state index contributed by atoms with van der Waals surface area (Å²) in [6.45, 7) is 1.92. The molecule has 0 unspecified atom stereocenters. The second-order valence-corrected chi connectivity index (χ2v) is 7.26. The minimum Gasteiger partial charge on any atom is -0.321 e. The number of amides is 1. The maximum Gasteiger partial charge on any atom is 0.248 e. The number of anilines is 1. The second kappa shape index (κ2) is 6.02. The fourth-order valence-electron chi connectivity index (χ4n) is 2.14. The monoisotopic (exact) mass is 376 g/mol. The molecule has 0 atom stereocenters. The van der Waals surface area contributed by atoms with Crippen LogP contribution < -0.4 is 5.32 Å². The number of hydrogen-bond donors (Lipinski definition) is 1. The lowest BCUT2D eigenvalue weighted by molar-refractivity contribution is -0.111. The Kier molecular flexibility index (Phi) is 4.08. The van der Waals surface area contributed by atoms with E-state index in [1.165, 1.54) is 6.08 Å². The Morgan fingerprint density at radius 3 is 3.00 bits per heavy atom. The van der Waals surface area contributed by atoms with Crippen molar-refractivity contribution in [2.75, 3.05) is 5.32 Å². The fourth-order valence-corrected chi connectivity index (χ4v) is 3.46. The maximum atomic E-state index is 12.0. The summed E-state index contributed by atoms with van der Waals surface area (Å²) < 4.78 is 2.76. The molecule has 0 aromatic carbocycles. The van der Waals surface area contributed by atoms with Crippen molar-refractivity contribution < 1.29 is 4.79 Å². The van der Waals surface area contributed by atoms with E-state index in [-0.39, 0.29) is 5.91 Å². The Morgan fingerprint density at radius 2 is 2.27 bits per heavy atom. The third-order valence-electron chi connectivity index (χ3n) is 3.12. The van der Waals surface area contributed by atoms with Crippen LogP contribution in [-0.2, 0) is 11.8 Å². The predicted octanol–water partition coefficient (Wildman–Crippen LogP) is 3.75. The Hall–Kier alpha value is -1.99. The van der Waals surface area contributed by atoms with Crippen molar-refractivity contribution in [2.45, 2.75) is 6.92 Å². The van der Waals surface area contributed by atoms with Crippen LogP contribution in [0, 0.1) is 6.92 Å². The number of rotatable bonds is 3. The van der Waals surface area contributed by atoms with Gasteiger partial charge in [0.05, 0.1) is 21.4 Å². The molecule has 0 saturated carbocycles. The Labute approximate surface area is 139 Å². The largest absolute Gasteiger partial charge is 0.321 e. The molecule has 3 rings (SSSR count). The molecule has 3 aromatic heterocycles. The number of aromatic nitrogens is 3. The quantitative estimate of drug-likeness (QED) is 0.708. The first kappa shape index (κ1) is 14.9. The molecule has 3 heterocycles. The van der Waals surface area contributed by atoms with Gasteiger partial charge < -0.3 is 5.32 Å². The van der Waals surface area contributed by atoms with Gasteiger partial charge in [-0.15, -0.1) is 11.3 Å².